The molecule has 2 aromatic rings. The maximum absolute atomic E-state index is 12.6. The van der Waals surface area contributed by atoms with E-state index in [0.717, 1.165) is 6.54 Å². The van der Waals surface area contributed by atoms with Crippen LogP contribution in [-0.2, 0) is 0 Å². The van der Waals surface area contributed by atoms with E-state index in [0.29, 0.717) is 28.4 Å². The summed E-state index contributed by atoms with van der Waals surface area (Å²) in [6.07, 6.45) is 1.51. The molecule has 0 bridgehead atoms. The number of hydrogen-bond donors (Lipinski definition) is 2. The molecule has 0 saturated heterocycles. The summed E-state index contributed by atoms with van der Waals surface area (Å²) < 4.78 is 0. The second kappa shape index (κ2) is 8.25. The van der Waals surface area contributed by atoms with Crippen LogP contribution in [0.3, 0.4) is 0 Å². The summed E-state index contributed by atoms with van der Waals surface area (Å²) in [5.41, 5.74) is 0.974. The average molecular weight is 396 g/mol. The number of ketones is 1. The quantitative estimate of drug-likeness (QED) is 0.699. The van der Waals surface area contributed by atoms with Gasteiger partial charge in [0.2, 0.25) is 0 Å². The van der Waals surface area contributed by atoms with E-state index < -0.39 is 0 Å². The Kier molecular flexibility index (Phi) is 6.50. The molecule has 0 saturated carbocycles. The number of nitrogens with zero attached hydrogens (tertiary/aromatic N) is 1. The first-order valence-corrected chi connectivity index (χ1v) is 8.96. The molecule has 1 heterocycles. The Morgan fingerprint density at radius 3 is 2.50 bits per heavy atom. The van der Waals surface area contributed by atoms with Crippen LogP contribution in [0.2, 0.25) is 10.0 Å². The molecule has 26 heavy (non-hydrogen) atoms. The normalized spacial score (nSPS) is 11.7. The van der Waals surface area contributed by atoms with Gasteiger partial charge in [0.1, 0.15) is 5.69 Å². The molecule has 0 aliphatic heterocycles. The predicted octanol–water partition coefficient (Wildman–Crippen LogP) is 3.87. The molecule has 7 heteroatoms. The molecule has 1 amide bonds. The molecular formula is C19H23Cl2N3O2. The number of hydrogen-bond acceptors (Lipinski definition) is 3. The number of rotatable bonds is 7. The molecule has 0 radical (unpaired) electrons. The van der Waals surface area contributed by atoms with Gasteiger partial charge in [-0.05, 0) is 43.8 Å². The molecule has 2 N–H and O–H groups in total. The highest BCUT2D eigenvalue weighted by Gasteiger charge is 2.21. The smallest absolute Gasteiger partial charge is 0.267 e. The van der Waals surface area contributed by atoms with Crippen molar-refractivity contribution in [2.24, 2.45) is 5.41 Å². The number of nitrogens with one attached hydrogen (secondary N) is 2. The lowest BCUT2D eigenvalue weighted by Gasteiger charge is -2.28. The summed E-state index contributed by atoms with van der Waals surface area (Å²) in [4.78, 5) is 29.8. The van der Waals surface area contributed by atoms with Gasteiger partial charge in [-0.3, -0.25) is 9.59 Å². The fourth-order valence-corrected chi connectivity index (χ4v) is 3.31. The van der Waals surface area contributed by atoms with Crippen molar-refractivity contribution in [1.29, 1.82) is 0 Å². The zero-order valence-corrected chi connectivity index (χ0v) is 16.8. The third-order valence-electron chi connectivity index (χ3n) is 3.84. The lowest BCUT2D eigenvalue weighted by atomic mass is 9.93. The second-order valence-corrected chi connectivity index (χ2v) is 8.18. The van der Waals surface area contributed by atoms with Crippen molar-refractivity contribution in [3.8, 4) is 0 Å². The zero-order chi connectivity index (χ0) is 19.5. The van der Waals surface area contributed by atoms with Crippen molar-refractivity contribution in [2.75, 3.05) is 27.2 Å². The average Bonchev–Trinajstić information content (AvgIpc) is 3.01. The molecular weight excluding hydrogens is 373 g/mol. The van der Waals surface area contributed by atoms with Gasteiger partial charge >= 0.3 is 0 Å². The Balaban J connectivity index is 2.07. The van der Waals surface area contributed by atoms with E-state index in [4.69, 9.17) is 23.2 Å². The fraction of sp³-hybridized carbons (Fsp3) is 0.368. The maximum atomic E-state index is 12.6. The topological polar surface area (TPSA) is 65.2 Å². The number of carbonyl (C=O) groups excluding carboxylic acids is 2. The highest BCUT2D eigenvalue weighted by molar-refractivity contribution is 6.37. The molecule has 0 aliphatic rings. The molecule has 0 spiro atoms. The van der Waals surface area contributed by atoms with Crippen LogP contribution in [-0.4, -0.2) is 48.8 Å². The summed E-state index contributed by atoms with van der Waals surface area (Å²) in [6.45, 7) is 5.53. The molecule has 0 atom stereocenters. The Morgan fingerprint density at radius 1 is 1.19 bits per heavy atom. The van der Waals surface area contributed by atoms with Crippen LogP contribution in [0.4, 0.5) is 0 Å². The molecule has 0 unspecified atom stereocenters. The van der Waals surface area contributed by atoms with Crippen molar-refractivity contribution in [3.63, 3.8) is 0 Å². The Bertz CT molecular complexity index is 813. The van der Waals surface area contributed by atoms with Gasteiger partial charge in [-0.15, -0.1) is 0 Å². The van der Waals surface area contributed by atoms with Crippen LogP contribution in [0.15, 0.2) is 30.5 Å². The number of amides is 1. The van der Waals surface area contributed by atoms with Crippen LogP contribution < -0.4 is 5.32 Å². The van der Waals surface area contributed by atoms with Gasteiger partial charge in [0.25, 0.3) is 5.91 Å². The number of aromatic nitrogens is 1. The zero-order valence-electron chi connectivity index (χ0n) is 15.3. The Hall–Kier alpha value is -1.82. The number of halogens is 2. The van der Waals surface area contributed by atoms with Crippen LogP contribution in [0.5, 0.6) is 0 Å². The summed E-state index contributed by atoms with van der Waals surface area (Å²) in [5.74, 6) is -0.520. The number of carbonyl (C=O) groups is 2. The molecule has 0 aliphatic carbocycles. The van der Waals surface area contributed by atoms with E-state index in [-0.39, 0.29) is 22.1 Å². The van der Waals surface area contributed by atoms with Gasteiger partial charge in [0.05, 0.1) is 5.02 Å². The van der Waals surface area contributed by atoms with E-state index in [9.17, 15) is 9.59 Å². The van der Waals surface area contributed by atoms with Gasteiger partial charge < -0.3 is 15.2 Å². The third-order valence-corrected chi connectivity index (χ3v) is 4.39. The second-order valence-electron chi connectivity index (χ2n) is 7.34. The van der Waals surface area contributed by atoms with Crippen LogP contribution in [0, 0.1) is 5.41 Å². The standard InChI is InChI=1S/C19H23Cl2N3O2/c1-19(2,11-24(3)4)10-23-18(26)16-7-12(9-22-16)17(25)14-6-5-13(20)8-15(14)21/h5-9,22H,10-11H2,1-4H3,(H,23,26). The Morgan fingerprint density at radius 2 is 1.88 bits per heavy atom. The highest BCUT2D eigenvalue weighted by Crippen LogP contribution is 2.24. The van der Waals surface area contributed by atoms with E-state index in [1.165, 1.54) is 18.3 Å². The SMILES string of the molecule is CN(C)CC(C)(C)CNC(=O)c1cc(C(=O)c2ccc(Cl)cc2Cl)c[nH]1. The molecule has 0 fully saturated rings. The highest BCUT2D eigenvalue weighted by atomic mass is 35.5. The van der Waals surface area contributed by atoms with Gasteiger partial charge in [-0.1, -0.05) is 37.0 Å². The van der Waals surface area contributed by atoms with Gasteiger partial charge in [0.15, 0.2) is 5.78 Å². The molecule has 2 rings (SSSR count). The summed E-state index contributed by atoms with van der Waals surface area (Å²) >= 11 is 11.9. The molecule has 1 aromatic heterocycles. The summed E-state index contributed by atoms with van der Waals surface area (Å²) in [6, 6.07) is 6.22. The van der Waals surface area contributed by atoms with Crippen LogP contribution in [0.25, 0.3) is 0 Å². The van der Waals surface area contributed by atoms with Crippen molar-refractivity contribution in [3.05, 3.63) is 57.3 Å². The van der Waals surface area contributed by atoms with E-state index in [1.54, 1.807) is 12.1 Å². The minimum Gasteiger partial charge on any atom is -0.356 e. The minimum absolute atomic E-state index is 0.0682. The largest absolute Gasteiger partial charge is 0.356 e. The maximum Gasteiger partial charge on any atom is 0.267 e. The van der Waals surface area contributed by atoms with Gasteiger partial charge in [0, 0.05) is 35.4 Å². The summed E-state index contributed by atoms with van der Waals surface area (Å²) in [5, 5.41) is 3.64. The van der Waals surface area contributed by atoms with E-state index in [2.05, 4.69) is 29.0 Å². The summed E-state index contributed by atoms with van der Waals surface area (Å²) in [7, 11) is 3.99. The lowest BCUT2D eigenvalue weighted by Crippen LogP contribution is -2.40. The Labute approximate surface area is 163 Å². The lowest BCUT2D eigenvalue weighted by molar-refractivity contribution is 0.0924. The van der Waals surface area contributed by atoms with Gasteiger partial charge in [-0.25, -0.2) is 0 Å². The van der Waals surface area contributed by atoms with Crippen molar-refractivity contribution >= 4 is 34.9 Å². The first kappa shape index (κ1) is 20.5. The van der Waals surface area contributed by atoms with Crippen LogP contribution >= 0.6 is 23.2 Å². The third kappa shape index (κ3) is 5.34. The van der Waals surface area contributed by atoms with Gasteiger partial charge in [-0.2, -0.15) is 0 Å². The minimum atomic E-state index is -0.269. The van der Waals surface area contributed by atoms with E-state index >= 15 is 0 Å². The number of aromatic amines is 1. The fourth-order valence-electron chi connectivity index (χ4n) is 2.81. The predicted molar refractivity (Wildman–Crippen MR) is 105 cm³/mol. The monoisotopic (exact) mass is 395 g/mol. The number of H-pyrrole nitrogens is 1. The molecule has 5 nitrogen and oxygen atoms in total. The van der Waals surface area contributed by atoms with Crippen molar-refractivity contribution < 1.29 is 9.59 Å². The number of benzene rings is 1. The van der Waals surface area contributed by atoms with E-state index in [1.807, 2.05) is 14.1 Å². The van der Waals surface area contributed by atoms with Crippen molar-refractivity contribution in [1.82, 2.24) is 15.2 Å². The first-order chi connectivity index (χ1) is 12.1. The molecule has 1 aromatic carbocycles. The first-order valence-electron chi connectivity index (χ1n) is 8.20. The van der Waals surface area contributed by atoms with Crippen molar-refractivity contribution in [2.45, 2.75) is 13.8 Å². The molecule has 140 valence electrons. The van der Waals surface area contributed by atoms with Crippen LogP contribution in [0.1, 0.15) is 40.3 Å².